The Kier molecular flexibility index (Phi) is 4.42. The number of hydrogen-bond donors (Lipinski definition) is 1. The molecule has 0 aliphatic carbocycles. The molecule has 1 aliphatic heterocycles. The van der Waals surface area contributed by atoms with Crippen molar-refractivity contribution in [2.45, 2.75) is 19.1 Å². The van der Waals surface area contributed by atoms with E-state index < -0.39 is 18.1 Å². The fraction of sp³-hybridized carbons (Fsp3) is 0.500. The fourth-order valence-electron chi connectivity index (χ4n) is 2.38. The Morgan fingerprint density at radius 2 is 2.14 bits per heavy atom. The molecule has 1 aromatic rings. The van der Waals surface area contributed by atoms with Crippen molar-refractivity contribution < 1.29 is 14.3 Å². The summed E-state index contributed by atoms with van der Waals surface area (Å²) in [4.78, 5) is 31.7. The molecule has 2 atom stereocenters. The first-order valence-electron chi connectivity index (χ1n) is 6.77. The highest BCUT2D eigenvalue weighted by molar-refractivity contribution is 5.97. The van der Waals surface area contributed by atoms with Crippen LogP contribution in [-0.2, 0) is 9.53 Å². The standard InChI is InChI=1S/C14H20N4O3/c1-9-12(13(15)19)18(6-7-21-9)14(20)10-4-5-11(16-8-10)17(2)3/h4-5,8-9,12H,6-7H2,1-3H3,(H2,15,19)/t9-,12+/m1/s1. The van der Waals surface area contributed by atoms with E-state index in [-0.39, 0.29) is 5.91 Å². The smallest absolute Gasteiger partial charge is 0.256 e. The molecule has 21 heavy (non-hydrogen) atoms. The summed E-state index contributed by atoms with van der Waals surface area (Å²) in [6.45, 7) is 2.47. The Morgan fingerprint density at radius 1 is 1.43 bits per heavy atom. The van der Waals surface area contributed by atoms with Gasteiger partial charge in [0.2, 0.25) is 5.91 Å². The van der Waals surface area contributed by atoms with Gasteiger partial charge in [0.05, 0.1) is 18.3 Å². The number of carbonyl (C=O) groups is 2. The molecule has 0 spiro atoms. The molecule has 114 valence electrons. The minimum absolute atomic E-state index is 0.258. The van der Waals surface area contributed by atoms with Gasteiger partial charge in [-0.1, -0.05) is 0 Å². The first kappa shape index (κ1) is 15.2. The Bertz CT molecular complexity index is 530. The average Bonchev–Trinajstić information content (AvgIpc) is 2.46. The van der Waals surface area contributed by atoms with Crippen molar-refractivity contribution >= 4 is 17.6 Å². The van der Waals surface area contributed by atoms with E-state index in [1.165, 1.54) is 11.1 Å². The number of primary amides is 1. The lowest BCUT2D eigenvalue weighted by atomic mass is 10.1. The van der Waals surface area contributed by atoms with Gasteiger partial charge in [0, 0.05) is 26.8 Å². The number of nitrogens with zero attached hydrogens (tertiary/aromatic N) is 3. The monoisotopic (exact) mass is 292 g/mol. The molecule has 0 unspecified atom stereocenters. The third-order valence-electron chi connectivity index (χ3n) is 3.50. The lowest BCUT2D eigenvalue weighted by molar-refractivity contribution is -0.132. The fourth-order valence-corrected chi connectivity index (χ4v) is 2.38. The van der Waals surface area contributed by atoms with Crippen LogP contribution in [0.15, 0.2) is 18.3 Å². The number of nitrogens with two attached hydrogens (primary N) is 1. The van der Waals surface area contributed by atoms with Crippen molar-refractivity contribution in [3.8, 4) is 0 Å². The Labute approximate surface area is 123 Å². The summed E-state index contributed by atoms with van der Waals surface area (Å²) in [6, 6.07) is 2.71. The first-order valence-corrected chi connectivity index (χ1v) is 6.77. The number of aromatic nitrogens is 1. The van der Waals surface area contributed by atoms with E-state index in [4.69, 9.17) is 10.5 Å². The van der Waals surface area contributed by atoms with Gasteiger partial charge >= 0.3 is 0 Å². The molecule has 7 nitrogen and oxygen atoms in total. The minimum Gasteiger partial charge on any atom is -0.374 e. The summed E-state index contributed by atoms with van der Waals surface area (Å²) >= 11 is 0. The maximum atomic E-state index is 12.6. The molecule has 0 aromatic carbocycles. The van der Waals surface area contributed by atoms with Gasteiger partial charge in [0.25, 0.3) is 5.91 Å². The average molecular weight is 292 g/mol. The predicted octanol–water partition coefficient (Wildman–Crippen LogP) is -0.138. The van der Waals surface area contributed by atoms with E-state index in [9.17, 15) is 9.59 Å². The Hall–Kier alpha value is -2.15. The predicted molar refractivity (Wildman–Crippen MR) is 78.0 cm³/mol. The van der Waals surface area contributed by atoms with Crippen LogP contribution in [0.5, 0.6) is 0 Å². The lowest BCUT2D eigenvalue weighted by Crippen LogP contribution is -2.58. The molecule has 1 fully saturated rings. The quantitative estimate of drug-likeness (QED) is 0.838. The number of morpholine rings is 1. The molecule has 0 bridgehead atoms. The number of pyridine rings is 1. The topological polar surface area (TPSA) is 88.8 Å². The maximum absolute atomic E-state index is 12.6. The van der Waals surface area contributed by atoms with Crippen LogP contribution >= 0.6 is 0 Å². The van der Waals surface area contributed by atoms with E-state index in [1.54, 1.807) is 19.1 Å². The van der Waals surface area contributed by atoms with Crippen LogP contribution in [0.1, 0.15) is 17.3 Å². The second-order valence-electron chi connectivity index (χ2n) is 5.22. The van der Waals surface area contributed by atoms with Crippen LogP contribution in [0.25, 0.3) is 0 Å². The van der Waals surface area contributed by atoms with E-state index in [0.717, 1.165) is 5.82 Å². The van der Waals surface area contributed by atoms with Crippen LogP contribution in [-0.4, -0.2) is 61.1 Å². The van der Waals surface area contributed by atoms with Gasteiger partial charge in [0.15, 0.2) is 0 Å². The molecule has 0 saturated carbocycles. The van der Waals surface area contributed by atoms with Crippen LogP contribution < -0.4 is 10.6 Å². The van der Waals surface area contributed by atoms with Gasteiger partial charge in [-0.25, -0.2) is 4.98 Å². The van der Waals surface area contributed by atoms with Crippen molar-refractivity contribution in [1.29, 1.82) is 0 Å². The molecular formula is C14H20N4O3. The second-order valence-corrected chi connectivity index (χ2v) is 5.22. The van der Waals surface area contributed by atoms with E-state index in [2.05, 4.69) is 4.98 Å². The molecule has 0 radical (unpaired) electrons. The Morgan fingerprint density at radius 3 is 2.67 bits per heavy atom. The van der Waals surface area contributed by atoms with E-state index in [0.29, 0.717) is 18.7 Å². The molecule has 2 N–H and O–H groups in total. The van der Waals surface area contributed by atoms with Gasteiger partial charge in [-0.15, -0.1) is 0 Å². The molecule has 1 aromatic heterocycles. The number of rotatable bonds is 3. The molecule has 1 saturated heterocycles. The zero-order valence-electron chi connectivity index (χ0n) is 12.4. The van der Waals surface area contributed by atoms with Gasteiger partial charge in [-0.3, -0.25) is 9.59 Å². The molecule has 2 amide bonds. The minimum atomic E-state index is -0.750. The second kappa shape index (κ2) is 6.09. The van der Waals surface area contributed by atoms with E-state index in [1.807, 2.05) is 19.0 Å². The number of anilines is 1. The number of ether oxygens (including phenoxy) is 1. The van der Waals surface area contributed by atoms with Gasteiger partial charge in [0.1, 0.15) is 11.9 Å². The van der Waals surface area contributed by atoms with Gasteiger partial charge in [-0.05, 0) is 19.1 Å². The van der Waals surface area contributed by atoms with Gasteiger partial charge < -0.3 is 20.3 Å². The molecule has 7 heteroatoms. The number of amides is 2. The van der Waals surface area contributed by atoms with Crippen molar-refractivity contribution in [3.63, 3.8) is 0 Å². The van der Waals surface area contributed by atoms with Crippen molar-refractivity contribution in [3.05, 3.63) is 23.9 Å². The number of hydrogen-bond acceptors (Lipinski definition) is 5. The summed E-state index contributed by atoms with van der Waals surface area (Å²) in [5.74, 6) is -0.0616. The summed E-state index contributed by atoms with van der Waals surface area (Å²) in [5, 5.41) is 0. The highest BCUT2D eigenvalue weighted by atomic mass is 16.5. The molecule has 2 heterocycles. The zero-order valence-corrected chi connectivity index (χ0v) is 12.4. The number of carbonyl (C=O) groups excluding carboxylic acids is 2. The van der Waals surface area contributed by atoms with Crippen molar-refractivity contribution in [2.24, 2.45) is 5.73 Å². The highest BCUT2D eigenvalue weighted by Crippen LogP contribution is 2.18. The maximum Gasteiger partial charge on any atom is 0.256 e. The highest BCUT2D eigenvalue weighted by Gasteiger charge is 2.37. The van der Waals surface area contributed by atoms with Crippen LogP contribution in [0.2, 0.25) is 0 Å². The van der Waals surface area contributed by atoms with Crippen LogP contribution in [0.4, 0.5) is 5.82 Å². The summed E-state index contributed by atoms with van der Waals surface area (Å²) in [5.41, 5.74) is 5.82. The van der Waals surface area contributed by atoms with E-state index >= 15 is 0 Å². The third kappa shape index (κ3) is 3.13. The summed E-state index contributed by atoms with van der Waals surface area (Å²) in [6.07, 6.45) is 1.10. The zero-order chi connectivity index (χ0) is 15.6. The molecule has 1 aliphatic rings. The molecule has 2 rings (SSSR count). The largest absolute Gasteiger partial charge is 0.374 e. The summed E-state index contributed by atoms with van der Waals surface area (Å²) in [7, 11) is 3.74. The van der Waals surface area contributed by atoms with Crippen LogP contribution in [0, 0.1) is 0 Å². The normalized spacial score (nSPS) is 22.0. The Balaban J connectivity index is 2.23. The van der Waals surface area contributed by atoms with Crippen molar-refractivity contribution in [1.82, 2.24) is 9.88 Å². The first-order chi connectivity index (χ1) is 9.91. The summed E-state index contributed by atoms with van der Waals surface area (Å²) < 4.78 is 5.40. The van der Waals surface area contributed by atoms with Gasteiger partial charge in [-0.2, -0.15) is 0 Å². The molecular weight excluding hydrogens is 272 g/mol. The third-order valence-corrected chi connectivity index (χ3v) is 3.50. The van der Waals surface area contributed by atoms with Crippen molar-refractivity contribution in [2.75, 3.05) is 32.1 Å². The lowest BCUT2D eigenvalue weighted by Gasteiger charge is -2.37. The van der Waals surface area contributed by atoms with Crippen LogP contribution in [0.3, 0.4) is 0 Å². The SMILES string of the molecule is C[C@H]1OCCN(C(=O)c2ccc(N(C)C)nc2)[C@@H]1C(N)=O.